The Morgan fingerprint density at radius 2 is 2.00 bits per heavy atom. The van der Waals surface area contributed by atoms with Crippen molar-refractivity contribution in [1.82, 2.24) is 20.1 Å². The van der Waals surface area contributed by atoms with Gasteiger partial charge >= 0.3 is 0 Å². The first-order valence-electron chi connectivity index (χ1n) is 6.30. The molecule has 0 radical (unpaired) electrons. The molecule has 112 valence electrons. The highest BCUT2D eigenvalue weighted by molar-refractivity contribution is 5.94. The van der Waals surface area contributed by atoms with E-state index in [-0.39, 0.29) is 17.8 Å². The number of hydrogen-bond donors (Lipinski definition) is 2. The Bertz CT molecular complexity index is 633. The summed E-state index contributed by atoms with van der Waals surface area (Å²) >= 11 is 0. The van der Waals surface area contributed by atoms with Crippen LogP contribution in [0.3, 0.4) is 0 Å². The van der Waals surface area contributed by atoms with Gasteiger partial charge in [-0.3, -0.25) is 9.48 Å². The predicted octanol–water partition coefficient (Wildman–Crippen LogP) is 1.11. The molecule has 1 amide bonds. The Labute approximate surface area is 120 Å². The number of amides is 1. The zero-order valence-corrected chi connectivity index (χ0v) is 11.7. The molecule has 1 aromatic carbocycles. The van der Waals surface area contributed by atoms with E-state index in [1.54, 1.807) is 18.1 Å². The highest BCUT2D eigenvalue weighted by Gasteiger charge is 2.14. The monoisotopic (exact) mass is 295 g/mol. The molecule has 2 N–H and O–H groups in total. The maximum absolute atomic E-state index is 13.6. The third-order valence-electron chi connectivity index (χ3n) is 2.84. The smallest absolute Gasteiger partial charge is 0.251 e. The third-order valence-corrected chi connectivity index (χ3v) is 2.84. The van der Waals surface area contributed by atoms with E-state index in [0.717, 1.165) is 12.1 Å². The van der Waals surface area contributed by atoms with Gasteiger partial charge in [-0.2, -0.15) is 5.10 Å². The van der Waals surface area contributed by atoms with Crippen LogP contribution in [0, 0.1) is 11.6 Å². The molecular formula is C13H15F2N5O. The first-order valence-corrected chi connectivity index (χ1v) is 6.30. The van der Waals surface area contributed by atoms with E-state index in [2.05, 4.69) is 20.7 Å². The lowest BCUT2D eigenvalue weighted by atomic mass is 10.1. The minimum absolute atomic E-state index is 0.0713. The van der Waals surface area contributed by atoms with Crippen LogP contribution in [0.25, 0.3) is 0 Å². The summed E-state index contributed by atoms with van der Waals surface area (Å²) in [5.41, 5.74) is -0.331. The Kier molecular flexibility index (Phi) is 4.46. The highest BCUT2D eigenvalue weighted by atomic mass is 19.1. The topological polar surface area (TPSA) is 71.8 Å². The van der Waals surface area contributed by atoms with E-state index in [4.69, 9.17) is 0 Å². The molecule has 0 saturated carbocycles. The molecule has 21 heavy (non-hydrogen) atoms. The molecule has 1 aromatic heterocycles. The van der Waals surface area contributed by atoms with Crippen molar-refractivity contribution in [3.63, 3.8) is 0 Å². The van der Waals surface area contributed by atoms with Gasteiger partial charge in [0.05, 0.1) is 0 Å². The van der Waals surface area contributed by atoms with Gasteiger partial charge in [-0.1, -0.05) is 0 Å². The van der Waals surface area contributed by atoms with Crippen molar-refractivity contribution in [3.8, 4) is 0 Å². The Balaban J connectivity index is 1.97. The van der Waals surface area contributed by atoms with Crippen LogP contribution in [-0.4, -0.2) is 34.3 Å². The fourth-order valence-corrected chi connectivity index (χ4v) is 1.83. The normalized spacial score (nSPS) is 10.5. The Hall–Kier alpha value is -2.51. The van der Waals surface area contributed by atoms with Crippen molar-refractivity contribution >= 4 is 11.6 Å². The van der Waals surface area contributed by atoms with Gasteiger partial charge in [0.1, 0.15) is 23.6 Å². The van der Waals surface area contributed by atoms with Gasteiger partial charge in [0.15, 0.2) is 5.82 Å². The lowest BCUT2D eigenvalue weighted by Crippen LogP contribution is -2.26. The second-order valence-electron chi connectivity index (χ2n) is 4.41. The number of aromatic nitrogens is 3. The number of benzene rings is 1. The minimum atomic E-state index is -0.811. The van der Waals surface area contributed by atoms with Gasteiger partial charge in [-0.05, 0) is 12.1 Å². The number of hydrogen-bond acceptors (Lipinski definition) is 4. The first-order chi connectivity index (χ1) is 10.0. The largest absolute Gasteiger partial charge is 0.383 e. The van der Waals surface area contributed by atoms with Crippen molar-refractivity contribution in [2.45, 2.75) is 6.42 Å². The number of halogens is 2. The van der Waals surface area contributed by atoms with E-state index in [9.17, 15) is 13.6 Å². The summed E-state index contributed by atoms with van der Waals surface area (Å²) in [6, 6.07) is 1.98. The summed E-state index contributed by atoms with van der Waals surface area (Å²) in [4.78, 5) is 15.8. The molecule has 0 unspecified atom stereocenters. The van der Waals surface area contributed by atoms with Crippen LogP contribution in [-0.2, 0) is 13.5 Å². The van der Waals surface area contributed by atoms with Gasteiger partial charge in [0.2, 0.25) is 0 Å². The van der Waals surface area contributed by atoms with E-state index in [1.807, 2.05) is 0 Å². The molecule has 2 rings (SSSR count). The van der Waals surface area contributed by atoms with E-state index < -0.39 is 17.5 Å². The molecular weight excluding hydrogens is 280 g/mol. The van der Waals surface area contributed by atoms with Gasteiger partial charge < -0.3 is 10.6 Å². The Morgan fingerprint density at radius 3 is 2.52 bits per heavy atom. The quantitative estimate of drug-likeness (QED) is 0.866. The molecule has 0 atom stereocenters. The SMILES string of the molecule is CNc1c(F)cc(C(=O)NCCc2ncn(C)n2)cc1F. The fraction of sp³-hybridized carbons (Fsp3) is 0.308. The van der Waals surface area contributed by atoms with Crippen LogP contribution < -0.4 is 10.6 Å². The number of aryl methyl sites for hydroxylation is 1. The van der Waals surface area contributed by atoms with Crippen molar-refractivity contribution in [2.75, 3.05) is 18.9 Å². The van der Waals surface area contributed by atoms with Crippen LogP contribution in [0.5, 0.6) is 0 Å². The van der Waals surface area contributed by atoms with Crippen molar-refractivity contribution in [3.05, 3.63) is 41.5 Å². The summed E-state index contributed by atoms with van der Waals surface area (Å²) in [6.07, 6.45) is 1.99. The zero-order chi connectivity index (χ0) is 15.4. The van der Waals surface area contributed by atoms with Crippen LogP contribution >= 0.6 is 0 Å². The number of rotatable bonds is 5. The first kappa shape index (κ1) is 14.9. The predicted molar refractivity (Wildman–Crippen MR) is 72.9 cm³/mol. The molecule has 1 heterocycles. The van der Waals surface area contributed by atoms with E-state index in [1.165, 1.54) is 7.05 Å². The number of anilines is 1. The number of nitrogens with zero attached hydrogens (tertiary/aromatic N) is 3. The van der Waals surface area contributed by atoms with Gasteiger partial charge in [-0.25, -0.2) is 13.8 Å². The molecule has 2 aromatic rings. The molecule has 0 fully saturated rings. The van der Waals surface area contributed by atoms with Crippen LogP contribution in [0.1, 0.15) is 16.2 Å². The molecule has 0 aliphatic rings. The molecule has 0 bridgehead atoms. The third kappa shape index (κ3) is 3.53. The summed E-state index contributed by atoms with van der Waals surface area (Å²) in [5.74, 6) is -1.59. The lowest BCUT2D eigenvalue weighted by molar-refractivity contribution is 0.0953. The maximum atomic E-state index is 13.6. The average molecular weight is 295 g/mol. The van der Waals surface area contributed by atoms with E-state index in [0.29, 0.717) is 12.2 Å². The lowest BCUT2D eigenvalue weighted by Gasteiger charge is -2.08. The molecule has 0 saturated heterocycles. The number of carbonyl (C=O) groups excluding carboxylic acids is 1. The summed E-state index contributed by atoms with van der Waals surface area (Å²) < 4.78 is 28.7. The van der Waals surface area contributed by atoms with Crippen LogP contribution in [0.15, 0.2) is 18.5 Å². The molecule has 0 aliphatic carbocycles. The Morgan fingerprint density at radius 1 is 1.33 bits per heavy atom. The minimum Gasteiger partial charge on any atom is -0.383 e. The summed E-state index contributed by atoms with van der Waals surface area (Å²) in [6.45, 7) is 0.278. The second-order valence-corrected chi connectivity index (χ2v) is 4.41. The van der Waals surface area contributed by atoms with Crippen molar-refractivity contribution in [2.24, 2.45) is 7.05 Å². The number of carbonyl (C=O) groups is 1. The second kappa shape index (κ2) is 6.29. The van der Waals surface area contributed by atoms with E-state index >= 15 is 0 Å². The van der Waals surface area contributed by atoms with Gasteiger partial charge in [0.25, 0.3) is 5.91 Å². The fourth-order valence-electron chi connectivity index (χ4n) is 1.83. The standard InChI is InChI=1S/C13H15F2N5O/c1-16-12-9(14)5-8(6-10(12)15)13(21)17-4-3-11-18-7-20(2)19-11/h5-7,16H,3-4H2,1-2H3,(H,17,21). The molecule has 0 aliphatic heterocycles. The van der Waals surface area contributed by atoms with Crippen molar-refractivity contribution < 1.29 is 13.6 Å². The number of nitrogens with one attached hydrogen (secondary N) is 2. The van der Waals surface area contributed by atoms with Gasteiger partial charge in [-0.15, -0.1) is 0 Å². The molecule has 8 heteroatoms. The van der Waals surface area contributed by atoms with Crippen LogP contribution in [0.2, 0.25) is 0 Å². The highest BCUT2D eigenvalue weighted by Crippen LogP contribution is 2.20. The zero-order valence-electron chi connectivity index (χ0n) is 11.7. The molecule has 6 nitrogen and oxygen atoms in total. The van der Waals surface area contributed by atoms with Crippen LogP contribution in [0.4, 0.5) is 14.5 Å². The summed E-state index contributed by atoms with van der Waals surface area (Å²) in [7, 11) is 3.14. The molecule has 0 spiro atoms. The maximum Gasteiger partial charge on any atom is 0.251 e. The summed E-state index contributed by atoms with van der Waals surface area (Å²) in [5, 5.41) is 9.02. The average Bonchev–Trinajstić information content (AvgIpc) is 2.84. The van der Waals surface area contributed by atoms with Gasteiger partial charge in [0, 0.05) is 32.6 Å². The van der Waals surface area contributed by atoms with Crippen molar-refractivity contribution in [1.29, 1.82) is 0 Å².